The normalized spacial score (nSPS) is 15.9. The number of aromatic nitrogens is 1. The van der Waals surface area contributed by atoms with E-state index in [0.29, 0.717) is 18.9 Å². The van der Waals surface area contributed by atoms with E-state index in [1.165, 1.54) is 0 Å². The molecule has 13 heavy (non-hydrogen) atoms. The van der Waals surface area contributed by atoms with E-state index in [-0.39, 0.29) is 5.91 Å². The van der Waals surface area contributed by atoms with Crippen LogP contribution in [-0.2, 0) is 11.3 Å². The molecule has 4 nitrogen and oxygen atoms in total. The SMILES string of the molecule is O=C1CNCc2cc(Br)cnc2N1. The molecular weight excluding hydrogens is 234 g/mol. The molecule has 1 aliphatic rings. The molecule has 0 fully saturated rings. The number of carbonyl (C=O) groups is 1. The summed E-state index contributed by atoms with van der Waals surface area (Å²) < 4.78 is 0.921. The summed E-state index contributed by atoms with van der Waals surface area (Å²) in [4.78, 5) is 15.2. The first-order valence-electron chi connectivity index (χ1n) is 3.91. The van der Waals surface area contributed by atoms with Crippen LogP contribution in [0.25, 0.3) is 0 Å². The van der Waals surface area contributed by atoms with Crippen molar-refractivity contribution in [3.05, 3.63) is 22.3 Å². The average Bonchev–Trinajstić information content (AvgIpc) is 2.25. The summed E-state index contributed by atoms with van der Waals surface area (Å²) in [6, 6.07) is 1.95. The zero-order chi connectivity index (χ0) is 9.26. The Hall–Kier alpha value is -0.940. The molecule has 5 heteroatoms. The van der Waals surface area contributed by atoms with Gasteiger partial charge in [0.2, 0.25) is 5.91 Å². The molecule has 0 saturated carbocycles. The van der Waals surface area contributed by atoms with Crippen LogP contribution in [0.4, 0.5) is 5.82 Å². The molecule has 68 valence electrons. The van der Waals surface area contributed by atoms with Crippen LogP contribution in [0.3, 0.4) is 0 Å². The van der Waals surface area contributed by atoms with Crippen molar-refractivity contribution < 1.29 is 4.79 Å². The highest BCUT2D eigenvalue weighted by Crippen LogP contribution is 2.18. The van der Waals surface area contributed by atoms with Crippen molar-refractivity contribution >= 4 is 27.7 Å². The fraction of sp³-hybridized carbons (Fsp3) is 0.250. The van der Waals surface area contributed by atoms with Gasteiger partial charge < -0.3 is 10.6 Å². The molecule has 0 radical (unpaired) electrons. The van der Waals surface area contributed by atoms with Gasteiger partial charge in [0, 0.05) is 22.8 Å². The van der Waals surface area contributed by atoms with Gasteiger partial charge in [0.05, 0.1) is 6.54 Å². The largest absolute Gasteiger partial charge is 0.309 e. The van der Waals surface area contributed by atoms with E-state index in [1.54, 1.807) is 6.20 Å². The maximum absolute atomic E-state index is 11.1. The summed E-state index contributed by atoms with van der Waals surface area (Å²) in [5, 5.41) is 5.72. The number of halogens is 1. The zero-order valence-corrected chi connectivity index (χ0v) is 8.39. The molecule has 1 aromatic rings. The van der Waals surface area contributed by atoms with Gasteiger partial charge in [0.15, 0.2) is 0 Å². The number of hydrogen-bond donors (Lipinski definition) is 2. The lowest BCUT2D eigenvalue weighted by atomic mass is 10.2. The minimum absolute atomic E-state index is 0.0476. The molecule has 0 atom stereocenters. The number of carbonyl (C=O) groups excluding carboxylic acids is 1. The molecule has 0 aliphatic carbocycles. The van der Waals surface area contributed by atoms with Crippen molar-refractivity contribution in [2.75, 3.05) is 11.9 Å². The quantitative estimate of drug-likeness (QED) is 0.710. The van der Waals surface area contributed by atoms with Gasteiger partial charge in [0.25, 0.3) is 0 Å². The van der Waals surface area contributed by atoms with Gasteiger partial charge in [-0.3, -0.25) is 4.79 Å². The first-order valence-corrected chi connectivity index (χ1v) is 4.70. The summed E-state index contributed by atoms with van der Waals surface area (Å²) in [7, 11) is 0. The summed E-state index contributed by atoms with van der Waals surface area (Å²) in [5.74, 6) is 0.603. The van der Waals surface area contributed by atoms with E-state index in [4.69, 9.17) is 0 Å². The predicted octanol–water partition coefficient (Wildman–Crippen LogP) is 0.886. The first-order chi connectivity index (χ1) is 6.25. The van der Waals surface area contributed by atoms with E-state index in [0.717, 1.165) is 10.0 Å². The van der Waals surface area contributed by atoms with Crippen LogP contribution in [-0.4, -0.2) is 17.4 Å². The number of hydrogen-bond acceptors (Lipinski definition) is 3. The van der Waals surface area contributed by atoms with Crippen molar-refractivity contribution in [3.8, 4) is 0 Å². The Balaban J connectivity index is 2.40. The fourth-order valence-electron chi connectivity index (χ4n) is 1.22. The molecule has 2 heterocycles. The standard InChI is InChI=1S/C8H8BrN3O/c9-6-1-5-2-10-4-7(13)12-8(5)11-3-6/h1,3,10H,2,4H2,(H,11,12,13). The second-order valence-corrected chi connectivity index (χ2v) is 3.73. The van der Waals surface area contributed by atoms with Gasteiger partial charge in [-0.2, -0.15) is 0 Å². The summed E-state index contributed by atoms with van der Waals surface area (Å²) in [5.41, 5.74) is 1.00. The molecule has 0 saturated heterocycles. The van der Waals surface area contributed by atoms with Crippen LogP contribution in [0, 0.1) is 0 Å². The van der Waals surface area contributed by atoms with E-state index < -0.39 is 0 Å². The minimum Gasteiger partial charge on any atom is -0.309 e. The highest BCUT2D eigenvalue weighted by Gasteiger charge is 2.12. The second kappa shape index (κ2) is 3.43. The van der Waals surface area contributed by atoms with Crippen molar-refractivity contribution in [1.82, 2.24) is 10.3 Å². The molecular formula is C8H8BrN3O. The third kappa shape index (κ3) is 1.87. The van der Waals surface area contributed by atoms with Gasteiger partial charge in [-0.25, -0.2) is 4.98 Å². The van der Waals surface area contributed by atoms with E-state index in [2.05, 4.69) is 31.5 Å². The van der Waals surface area contributed by atoms with Crippen molar-refractivity contribution in [2.24, 2.45) is 0 Å². The van der Waals surface area contributed by atoms with Crippen LogP contribution in [0.1, 0.15) is 5.56 Å². The van der Waals surface area contributed by atoms with Gasteiger partial charge in [0.1, 0.15) is 5.82 Å². The Labute approximate surface area is 83.9 Å². The fourth-order valence-corrected chi connectivity index (χ4v) is 1.59. The van der Waals surface area contributed by atoms with Gasteiger partial charge in [-0.15, -0.1) is 0 Å². The third-order valence-electron chi connectivity index (χ3n) is 1.79. The number of rotatable bonds is 0. The Morgan fingerprint density at radius 3 is 3.15 bits per heavy atom. The summed E-state index contributed by atoms with van der Waals surface area (Å²) >= 11 is 3.33. The van der Waals surface area contributed by atoms with Gasteiger partial charge >= 0.3 is 0 Å². The number of pyridine rings is 1. The maximum Gasteiger partial charge on any atom is 0.239 e. The Kier molecular flexibility index (Phi) is 2.28. The number of amides is 1. The van der Waals surface area contributed by atoms with Crippen LogP contribution in [0.2, 0.25) is 0 Å². The molecule has 1 amide bonds. The van der Waals surface area contributed by atoms with Crippen molar-refractivity contribution in [1.29, 1.82) is 0 Å². The topological polar surface area (TPSA) is 54.0 Å². The lowest BCUT2D eigenvalue weighted by Crippen LogP contribution is -2.23. The monoisotopic (exact) mass is 241 g/mol. The summed E-state index contributed by atoms with van der Waals surface area (Å²) in [6.45, 7) is 1.01. The maximum atomic E-state index is 11.1. The average molecular weight is 242 g/mol. The van der Waals surface area contributed by atoms with E-state index in [9.17, 15) is 4.79 Å². The predicted molar refractivity (Wildman–Crippen MR) is 52.3 cm³/mol. The smallest absolute Gasteiger partial charge is 0.239 e. The highest BCUT2D eigenvalue weighted by atomic mass is 79.9. The molecule has 1 aromatic heterocycles. The lowest BCUT2D eigenvalue weighted by molar-refractivity contribution is -0.115. The third-order valence-corrected chi connectivity index (χ3v) is 2.23. The second-order valence-electron chi connectivity index (χ2n) is 2.81. The Morgan fingerprint density at radius 2 is 2.31 bits per heavy atom. The molecule has 2 N–H and O–H groups in total. The molecule has 0 aromatic carbocycles. The van der Waals surface area contributed by atoms with Crippen LogP contribution in [0.5, 0.6) is 0 Å². The van der Waals surface area contributed by atoms with Crippen LogP contribution in [0.15, 0.2) is 16.7 Å². The number of nitrogens with one attached hydrogen (secondary N) is 2. The first kappa shape index (κ1) is 8.65. The van der Waals surface area contributed by atoms with Crippen LogP contribution >= 0.6 is 15.9 Å². The zero-order valence-electron chi connectivity index (χ0n) is 6.80. The van der Waals surface area contributed by atoms with Gasteiger partial charge in [-0.1, -0.05) is 0 Å². The van der Waals surface area contributed by atoms with Gasteiger partial charge in [-0.05, 0) is 22.0 Å². The molecule has 0 bridgehead atoms. The van der Waals surface area contributed by atoms with Crippen LogP contribution < -0.4 is 10.6 Å². The molecule has 2 rings (SSSR count). The lowest BCUT2D eigenvalue weighted by Gasteiger charge is -2.04. The van der Waals surface area contributed by atoms with Crippen molar-refractivity contribution in [2.45, 2.75) is 6.54 Å². The summed E-state index contributed by atoms with van der Waals surface area (Å²) in [6.07, 6.45) is 1.67. The molecule has 1 aliphatic heterocycles. The Bertz CT molecular complexity index is 353. The number of fused-ring (bicyclic) bond motifs is 1. The number of nitrogens with zero attached hydrogens (tertiary/aromatic N) is 1. The van der Waals surface area contributed by atoms with E-state index >= 15 is 0 Å². The van der Waals surface area contributed by atoms with Crippen molar-refractivity contribution in [3.63, 3.8) is 0 Å². The minimum atomic E-state index is -0.0476. The molecule has 0 unspecified atom stereocenters. The number of anilines is 1. The van der Waals surface area contributed by atoms with E-state index in [1.807, 2.05) is 6.07 Å². The highest BCUT2D eigenvalue weighted by molar-refractivity contribution is 9.10. The Morgan fingerprint density at radius 1 is 1.46 bits per heavy atom. The molecule has 0 spiro atoms.